The predicted molar refractivity (Wildman–Crippen MR) is 119 cm³/mol. The van der Waals surface area contributed by atoms with Crippen LogP contribution in [0.4, 0.5) is 0 Å². The molecule has 1 aromatic heterocycles. The third kappa shape index (κ3) is 7.11. The molecule has 1 aromatic carbocycles. The number of thioether (sulfide) groups is 1. The molecule has 0 saturated carbocycles. The van der Waals surface area contributed by atoms with Gasteiger partial charge in [-0.1, -0.05) is 33.6 Å². The summed E-state index contributed by atoms with van der Waals surface area (Å²) in [5.74, 6) is 2.45. The van der Waals surface area contributed by atoms with E-state index in [1.54, 1.807) is 23.6 Å². The largest absolute Gasteiger partial charge is 0.496 e. The Balaban J connectivity index is 1.86. The highest BCUT2D eigenvalue weighted by molar-refractivity contribution is 7.99. The molecule has 2 atom stereocenters. The van der Waals surface area contributed by atoms with E-state index in [4.69, 9.17) is 9.47 Å². The molecule has 2 aromatic rings. The number of methoxy groups -OCH3 is 1. The van der Waals surface area contributed by atoms with Crippen molar-refractivity contribution in [3.63, 3.8) is 0 Å². The van der Waals surface area contributed by atoms with Crippen LogP contribution in [0.1, 0.15) is 46.5 Å². The number of carbonyl (C=O) groups excluding carboxylic acids is 1. The first-order valence-corrected chi connectivity index (χ1v) is 11.4. The maximum absolute atomic E-state index is 12.2. The van der Waals surface area contributed by atoms with Gasteiger partial charge in [0.05, 0.1) is 26.3 Å². The number of hydrogen-bond donors (Lipinski definition) is 0. The van der Waals surface area contributed by atoms with Gasteiger partial charge in [0, 0.05) is 35.0 Å². The molecule has 1 unspecified atom stereocenters. The van der Waals surface area contributed by atoms with Crippen LogP contribution in [-0.2, 0) is 16.6 Å². The van der Waals surface area contributed by atoms with E-state index in [-0.39, 0.29) is 5.97 Å². The molecule has 0 amide bonds. The summed E-state index contributed by atoms with van der Waals surface area (Å²) in [7, 11) is 3.56. The van der Waals surface area contributed by atoms with Gasteiger partial charge in [-0.15, -0.1) is 11.8 Å². The average molecular weight is 419 g/mol. The number of carbonyl (C=O) groups is 1. The molecule has 0 fully saturated rings. The molecule has 0 aliphatic carbocycles. The summed E-state index contributed by atoms with van der Waals surface area (Å²) in [6.45, 7) is 7.16. The molecule has 5 nitrogen and oxygen atoms in total. The Hall–Kier alpha value is -1.95. The third-order valence-corrected chi connectivity index (χ3v) is 6.29. The Morgan fingerprint density at radius 1 is 1.31 bits per heavy atom. The van der Waals surface area contributed by atoms with Gasteiger partial charge in [0.1, 0.15) is 5.75 Å². The molecule has 29 heavy (non-hydrogen) atoms. The fourth-order valence-electron chi connectivity index (χ4n) is 3.46. The van der Waals surface area contributed by atoms with Gasteiger partial charge >= 0.3 is 5.97 Å². The normalized spacial score (nSPS) is 13.1. The summed E-state index contributed by atoms with van der Waals surface area (Å²) >= 11 is 1.65. The molecule has 0 saturated heterocycles. The van der Waals surface area contributed by atoms with Crippen molar-refractivity contribution in [1.29, 1.82) is 0 Å². The first-order valence-electron chi connectivity index (χ1n) is 10.4. The number of nitrogens with zero attached hydrogens (tertiary/aromatic N) is 2. The number of hydrogen-bond acceptors (Lipinski definition) is 5. The first-order chi connectivity index (χ1) is 14.0. The van der Waals surface area contributed by atoms with Crippen molar-refractivity contribution >= 4 is 17.7 Å². The van der Waals surface area contributed by atoms with Crippen LogP contribution < -0.4 is 4.74 Å². The molecule has 160 valence electrons. The highest BCUT2D eigenvalue weighted by Gasteiger charge is 2.17. The number of esters is 1. The second kappa shape index (κ2) is 11.9. The van der Waals surface area contributed by atoms with Crippen LogP contribution in [0, 0.1) is 11.8 Å². The van der Waals surface area contributed by atoms with Crippen LogP contribution in [0.15, 0.2) is 35.5 Å². The van der Waals surface area contributed by atoms with E-state index in [1.807, 2.05) is 31.6 Å². The van der Waals surface area contributed by atoms with E-state index in [2.05, 4.69) is 31.9 Å². The maximum Gasteiger partial charge on any atom is 0.306 e. The van der Waals surface area contributed by atoms with Gasteiger partial charge in [-0.05, 0) is 36.5 Å². The zero-order valence-corrected chi connectivity index (χ0v) is 19.1. The molecule has 0 bridgehead atoms. The Kier molecular flexibility index (Phi) is 9.58. The third-order valence-electron chi connectivity index (χ3n) is 5.29. The minimum atomic E-state index is -0.111. The van der Waals surface area contributed by atoms with Crippen LogP contribution in [-0.4, -0.2) is 35.2 Å². The molecule has 0 aliphatic rings. The molecular formula is C23H34N2O3S. The van der Waals surface area contributed by atoms with Gasteiger partial charge < -0.3 is 9.47 Å². The smallest absolute Gasteiger partial charge is 0.306 e. The quantitative estimate of drug-likeness (QED) is 0.332. The number of benzene rings is 1. The highest BCUT2D eigenvalue weighted by atomic mass is 32.2. The van der Waals surface area contributed by atoms with E-state index in [1.165, 1.54) is 12.8 Å². The lowest BCUT2D eigenvalue weighted by molar-refractivity contribution is -0.145. The molecule has 0 radical (unpaired) electrons. The lowest BCUT2D eigenvalue weighted by atomic mass is 9.89. The number of ether oxygens (including phenoxy) is 2. The maximum atomic E-state index is 12.2. The summed E-state index contributed by atoms with van der Waals surface area (Å²) in [6.07, 6.45) is 7.61. The molecule has 0 N–H and O–H groups in total. The van der Waals surface area contributed by atoms with Gasteiger partial charge in [0.25, 0.3) is 0 Å². The van der Waals surface area contributed by atoms with Gasteiger partial charge in [0.2, 0.25) is 0 Å². The number of aromatic nitrogens is 2. The van der Waals surface area contributed by atoms with Crippen molar-refractivity contribution < 1.29 is 14.3 Å². The van der Waals surface area contributed by atoms with Gasteiger partial charge in [-0.25, -0.2) is 0 Å². The van der Waals surface area contributed by atoms with Crippen molar-refractivity contribution in [2.45, 2.75) is 51.3 Å². The van der Waals surface area contributed by atoms with E-state index < -0.39 is 0 Å². The monoisotopic (exact) mass is 418 g/mol. The molecule has 6 heteroatoms. The summed E-state index contributed by atoms with van der Waals surface area (Å²) < 4.78 is 12.8. The summed E-state index contributed by atoms with van der Waals surface area (Å²) in [5.41, 5.74) is 2.02. The second-order valence-corrected chi connectivity index (χ2v) is 8.65. The Morgan fingerprint density at radius 2 is 2.10 bits per heavy atom. The SMILES string of the molecule is CCC[C@@H](C)C(CC)COC(=O)CCSc1ccc(OC)c(-c2cnn(C)c2)c1. The minimum Gasteiger partial charge on any atom is -0.496 e. The lowest BCUT2D eigenvalue weighted by Gasteiger charge is -2.21. The predicted octanol–water partition coefficient (Wildman–Crippen LogP) is 5.58. The fourth-order valence-corrected chi connectivity index (χ4v) is 4.33. The summed E-state index contributed by atoms with van der Waals surface area (Å²) in [6, 6.07) is 6.07. The van der Waals surface area contributed by atoms with Crippen LogP contribution in [0.3, 0.4) is 0 Å². The second-order valence-electron chi connectivity index (χ2n) is 7.48. The Morgan fingerprint density at radius 3 is 2.72 bits per heavy atom. The van der Waals surface area contributed by atoms with Crippen molar-refractivity contribution in [2.75, 3.05) is 19.5 Å². The molecular weight excluding hydrogens is 384 g/mol. The number of rotatable bonds is 12. The van der Waals surface area contributed by atoms with Crippen molar-refractivity contribution in [2.24, 2.45) is 18.9 Å². The molecule has 0 aliphatic heterocycles. The van der Waals surface area contributed by atoms with E-state index in [0.29, 0.717) is 30.6 Å². The summed E-state index contributed by atoms with van der Waals surface area (Å²) in [5, 5.41) is 4.24. The van der Waals surface area contributed by atoms with Crippen LogP contribution in [0.5, 0.6) is 5.75 Å². The van der Waals surface area contributed by atoms with Crippen LogP contribution in [0.2, 0.25) is 0 Å². The van der Waals surface area contributed by atoms with Gasteiger partial charge in [-0.3, -0.25) is 9.48 Å². The zero-order valence-electron chi connectivity index (χ0n) is 18.3. The zero-order chi connectivity index (χ0) is 21.2. The number of aryl methyl sites for hydroxylation is 1. The van der Waals surface area contributed by atoms with Gasteiger partial charge in [0.15, 0.2) is 0 Å². The van der Waals surface area contributed by atoms with E-state index in [0.717, 1.165) is 28.2 Å². The van der Waals surface area contributed by atoms with Crippen molar-refractivity contribution in [1.82, 2.24) is 9.78 Å². The average Bonchev–Trinajstić information content (AvgIpc) is 3.14. The van der Waals surface area contributed by atoms with Gasteiger partial charge in [-0.2, -0.15) is 5.10 Å². The Bertz CT molecular complexity index is 775. The topological polar surface area (TPSA) is 53.4 Å². The minimum absolute atomic E-state index is 0.111. The fraction of sp³-hybridized carbons (Fsp3) is 0.565. The lowest BCUT2D eigenvalue weighted by Crippen LogP contribution is -2.20. The van der Waals surface area contributed by atoms with Crippen molar-refractivity contribution in [3.8, 4) is 16.9 Å². The van der Waals surface area contributed by atoms with Crippen molar-refractivity contribution in [3.05, 3.63) is 30.6 Å². The van der Waals surface area contributed by atoms with E-state index >= 15 is 0 Å². The standard InChI is InChI=1S/C23H34N2O3S/c1-6-8-17(3)18(7-2)16-28-23(26)11-12-29-20-9-10-22(27-5)21(13-20)19-14-24-25(4)15-19/h9-10,13-15,17-18H,6-8,11-12,16H2,1-5H3/t17-,18?/m1/s1. The van der Waals surface area contributed by atoms with Crippen LogP contribution in [0.25, 0.3) is 11.1 Å². The molecule has 2 rings (SSSR count). The summed E-state index contributed by atoms with van der Waals surface area (Å²) in [4.78, 5) is 13.3. The van der Waals surface area contributed by atoms with E-state index in [9.17, 15) is 4.79 Å². The first kappa shape index (κ1) is 23.3. The molecule has 1 heterocycles. The molecule has 0 spiro atoms. The van der Waals surface area contributed by atoms with Crippen LogP contribution >= 0.6 is 11.8 Å². The highest BCUT2D eigenvalue weighted by Crippen LogP contribution is 2.34. The Labute approximate surface area is 179 Å².